The average Bonchev–Trinajstić information content (AvgIpc) is 1.57. The van der Waals surface area contributed by atoms with Crippen LogP contribution >= 0.6 is 0 Å². The summed E-state index contributed by atoms with van der Waals surface area (Å²) in [7, 11) is 0. The van der Waals surface area contributed by atoms with Crippen LogP contribution in [0.2, 0.25) is 0 Å². The highest BCUT2D eigenvalue weighted by Crippen LogP contribution is 2.17. The molecule has 0 aromatic rings. The lowest BCUT2D eigenvalue weighted by Gasteiger charge is -2.39. The Hall–Kier alpha value is -0.460. The zero-order valence-electron chi connectivity index (χ0n) is 5.65. The Morgan fingerprint density at radius 3 is 2.25 bits per heavy atom. The van der Waals surface area contributed by atoms with E-state index in [1.807, 2.05) is 0 Å². The van der Waals surface area contributed by atoms with E-state index in [-0.39, 0.29) is 0 Å². The molecular formula is C7H13N. The second-order valence-electron chi connectivity index (χ2n) is 2.75. The summed E-state index contributed by atoms with van der Waals surface area (Å²) in [5, 5.41) is 0. The fraction of sp³-hybridized carbons (Fsp3) is 0.714. The van der Waals surface area contributed by atoms with Gasteiger partial charge in [-0.05, 0) is 12.8 Å². The van der Waals surface area contributed by atoms with Gasteiger partial charge in [0.25, 0.3) is 0 Å². The number of hydrogen-bond acceptors (Lipinski definition) is 1. The molecule has 0 radical (unpaired) electrons. The standard InChI is InChI=1S/C7H13N/c1-6(2)8-4-7(3)5-8/h7H,1,4-5H2,2-3H3. The molecule has 0 amide bonds. The van der Waals surface area contributed by atoms with Crippen LogP contribution in [0.5, 0.6) is 0 Å². The first-order chi connectivity index (χ1) is 3.70. The van der Waals surface area contributed by atoms with Crippen LogP contribution in [-0.4, -0.2) is 18.0 Å². The molecule has 0 aliphatic carbocycles. The Labute approximate surface area is 51.0 Å². The minimum Gasteiger partial charge on any atom is -0.375 e. The molecule has 0 saturated carbocycles. The van der Waals surface area contributed by atoms with Crippen molar-refractivity contribution < 1.29 is 0 Å². The van der Waals surface area contributed by atoms with Crippen LogP contribution in [-0.2, 0) is 0 Å². The summed E-state index contributed by atoms with van der Waals surface area (Å²) in [5.74, 6) is 0.895. The molecule has 0 spiro atoms. The summed E-state index contributed by atoms with van der Waals surface area (Å²) in [6, 6.07) is 0. The highest BCUT2D eigenvalue weighted by molar-refractivity contribution is 4.95. The third-order valence-electron chi connectivity index (χ3n) is 1.60. The van der Waals surface area contributed by atoms with E-state index in [1.54, 1.807) is 0 Å². The molecule has 1 saturated heterocycles. The van der Waals surface area contributed by atoms with Gasteiger partial charge in [-0.25, -0.2) is 0 Å². The Kier molecular flexibility index (Phi) is 1.28. The first-order valence-corrected chi connectivity index (χ1v) is 3.10. The van der Waals surface area contributed by atoms with Gasteiger partial charge in [0.2, 0.25) is 0 Å². The molecule has 1 aliphatic heterocycles. The normalized spacial score (nSPS) is 20.5. The molecule has 0 aromatic heterocycles. The molecule has 1 fully saturated rings. The van der Waals surface area contributed by atoms with Gasteiger partial charge >= 0.3 is 0 Å². The quantitative estimate of drug-likeness (QED) is 0.495. The van der Waals surface area contributed by atoms with Crippen LogP contribution in [0.15, 0.2) is 12.3 Å². The van der Waals surface area contributed by atoms with Gasteiger partial charge < -0.3 is 4.90 Å². The smallest absolute Gasteiger partial charge is 0.0217 e. The van der Waals surface area contributed by atoms with Crippen molar-refractivity contribution in [2.45, 2.75) is 13.8 Å². The van der Waals surface area contributed by atoms with Gasteiger partial charge in [-0.2, -0.15) is 0 Å². The van der Waals surface area contributed by atoms with Crippen LogP contribution < -0.4 is 0 Å². The minimum absolute atomic E-state index is 0.895. The molecule has 8 heavy (non-hydrogen) atoms. The Bertz CT molecular complexity index is 101. The van der Waals surface area contributed by atoms with E-state index in [4.69, 9.17) is 0 Å². The predicted molar refractivity (Wildman–Crippen MR) is 35.6 cm³/mol. The van der Waals surface area contributed by atoms with Crippen molar-refractivity contribution in [3.63, 3.8) is 0 Å². The first kappa shape index (κ1) is 5.67. The molecule has 1 nitrogen and oxygen atoms in total. The number of nitrogens with zero attached hydrogens (tertiary/aromatic N) is 1. The van der Waals surface area contributed by atoms with Gasteiger partial charge in [0.1, 0.15) is 0 Å². The molecule has 0 aromatic carbocycles. The van der Waals surface area contributed by atoms with E-state index < -0.39 is 0 Å². The summed E-state index contributed by atoms with van der Waals surface area (Å²) < 4.78 is 0. The molecular weight excluding hydrogens is 98.1 g/mol. The third kappa shape index (κ3) is 0.857. The van der Waals surface area contributed by atoms with E-state index in [9.17, 15) is 0 Å². The number of likely N-dealkylation sites (tertiary alicyclic amines) is 1. The van der Waals surface area contributed by atoms with E-state index in [1.165, 1.54) is 18.8 Å². The van der Waals surface area contributed by atoms with Gasteiger partial charge in [-0.3, -0.25) is 0 Å². The van der Waals surface area contributed by atoms with Crippen molar-refractivity contribution in [2.24, 2.45) is 5.92 Å². The van der Waals surface area contributed by atoms with Crippen molar-refractivity contribution in [1.82, 2.24) is 4.90 Å². The van der Waals surface area contributed by atoms with Gasteiger partial charge in [0.05, 0.1) is 0 Å². The van der Waals surface area contributed by atoms with E-state index in [0.29, 0.717) is 0 Å². The third-order valence-corrected chi connectivity index (χ3v) is 1.60. The monoisotopic (exact) mass is 111 g/mol. The summed E-state index contributed by atoms with van der Waals surface area (Å²) in [4.78, 5) is 2.30. The highest BCUT2D eigenvalue weighted by Gasteiger charge is 2.20. The van der Waals surface area contributed by atoms with Crippen molar-refractivity contribution >= 4 is 0 Å². The van der Waals surface area contributed by atoms with E-state index >= 15 is 0 Å². The topological polar surface area (TPSA) is 3.24 Å². The molecule has 46 valence electrons. The lowest BCUT2D eigenvalue weighted by Crippen LogP contribution is -2.43. The summed E-state index contributed by atoms with van der Waals surface area (Å²) in [5.41, 5.74) is 1.21. The van der Waals surface area contributed by atoms with Crippen molar-refractivity contribution in [3.8, 4) is 0 Å². The van der Waals surface area contributed by atoms with Crippen LogP contribution in [0.4, 0.5) is 0 Å². The van der Waals surface area contributed by atoms with Crippen molar-refractivity contribution in [2.75, 3.05) is 13.1 Å². The fourth-order valence-electron chi connectivity index (χ4n) is 1.01. The zero-order chi connectivity index (χ0) is 6.15. The minimum atomic E-state index is 0.895. The zero-order valence-corrected chi connectivity index (χ0v) is 5.65. The summed E-state index contributed by atoms with van der Waals surface area (Å²) in [6.45, 7) is 10.6. The van der Waals surface area contributed by atoms with Gasteiger partial charge in [-0.1, -0.05) is 13.5 Å². The fourth-order valence-corrected chi connectivity index (χ4v) is 1.01. The van der Waals surface area contributed by atoms with E-state index in [0.717, 1.165) is 5.92 Å². The first-order valence-electron chi connectivity index (χ1n) is 3.10. The Balaban J connectivity index is 2.25. The summed E-state index contributed by atoms with van der Waals surface area (Å²) in [6.07, 6.45) is 0. The average molecular weight is 111 g/mol. The molecule has 0 N–H and O–H groups in total. The van der Waals surface area contributed by atoms with Crippen LogP contribution in [0, 0.1) is 5.92 Å². The predicted octanol–water partition coefficient (Wildman–Crippen LogP) is 1.47. The van der Waals surface area contributed by atoms with Crippen molar-refractivity contribution in [1.29, 1.82) is 0 Å². The van der Waals surface area contributed by atoms with Crippen LogP contribution in [0.3, 0.4) is 0 Å². The Morgan fingerprint density at radius 1 is 1.62 bits per heavy atom. The SMILES string of the molecule is C=C(C)N1CC(C)C1. The molecule has 0 atom stereocenters. The molecule has 0 bridgehead atoms. The molecule has 1 aliphatic rings. The largest absolute Gasteiger partial charge is 0.375 e. The summed E-state index contributed by atoms with van der Waals surface area (Å²) >= 11 is 0. The maximum atomic E-state index is 3.84. The number of rotatable bonds is 1. The van der Waals surface area contributed by atoms with Gasteiger partial charge in [0.15, 0.2) is 0 Å². The molecule has 0 unspecified atom stereocenters. The van der Waals surface area contributed by atoms with Gasteiger partial charge in [0, 0.05) is 18.8 Å². The van der Waals surface area contributed by atoms with Crippen molar-refractivity contribution in [3.05, 3.63) is 12.3 Å². The molecule has 1 rings (SSSR count). The second-order valence-corrected chi connectivity index (χ2v) is 2.75. The van der Waals surface area contributed by atoms with Gasteiger partial charge in [-0.15, -0.1) is 0 Å². The maximum absolute atomic E-state index is 3.84. The molecule has 1 heterocycles. The van der Waals surface area contributed by atoms with Crippen LogP contribution in [0.25, 0.3) is 0 Å². The maximum Gasteiger partial charge on any atom is 0.0217 e. The second kappa shape index (κ2) is 1.81. The van der Waals surface area contributed by atoms with E-state index in [2.05, 4.69) is 25.3 Å². The molecule has 1 heteroatoms. The van der Waals surface area contributed by atoms with Crippen LogP contribution in [0.1, 0.15) is 13.8 Å². The highest BCUT2D eigenvalue weighted by atomic mass is 15.2. The number of allylic oxidation sites excluding steroid dienone is 1. The number of hydrogen-bond donors (Lipinski definition) is 0. The lowest BCUT2D eigenvalue weighted by atomic mass is 10.0. The lowest BCUT2D eigenvalue weighted by molar-refractivity contribution is 0.159. The Morgan fingerprint density at radius 2 is 2.12 bits per heavy atom.